The van der Waals surface area contributed by atoms with Gasteiger partial charge in [-0.2, -0.15) is 0 Å². The van der Waals surface area contributed by atoms with E-state index in [9.17, 15) is 0 Å². The van der Waals surface area contributed by atoms with Gasteiger partial charge >= 0.3 is 0 Å². The molecule has 0 aliphatic rings. The van der Waals surface area contributed by atoms with Crippen molar-refractivity contribution >= 4 is 74.8 Å². The van der Waals surface area contributed by atoms with Gasteiger partial charge < -0.3 is 4.42 Å². The van der Waals surface area contributed by atoms with Crippen molar-refractivity contribution in [2.75, 3.05) is 0 Å². The van der Waals surface area contributed by atoms with E-state index in [1.807, 2.05) is 11.3 Å². The Morgan fingerprint density at radius 2 is 0.885 bits per heavy atom. The minimum atomic E-state index is 0.903. The molecule has 0 N–H and O–H groups in total. The van der Waals surface area contributed by atoms with Crippen LogP contribution in [0.1, 0.15) is 0 Å². The van der Waals surface area contributed by atoms with Crippen LogP contribution in [0.15, 0.2) is 186 Å². The molecule has 0 spiro atoms. The number of hydrogen-bond acceptors (Lipinski definition) is 2. The topological polar surface area (TPSA) is 13.1 Å². The van der Waals surface area contributed by atoms with E-state index >= 15 is 0 Å². The van der Waals surface area contributed by atoms with Crippen LogP contribution in [-0.2, 0) is 0 Å². The lowest BCUT2D eigenvalue weighted by Gasteiger charge is -2.19. The summed E-state index contributed by atoms with van der Waals surface area (Å²) < 4.78 is 9.39. The second-order valence-electron chi connectivity index (χ2n) is 13.5. The Bertz CT molecular complexity index is 3100. The standard InChI is InChI=1S/C50H30OS/c1-3-16-32(17-4-1)46-41-30-45-42(29-43(41)51-50(46)33-18-5-2-6-19-33)49-40(27-14-28-44(49)52-45)48-38-24-11-9-22-36(38)47(37-23-10-12-25-39(37)48)35-26-13-20-31-15-7-8-21-34(31)35/h1-30H. The van der Waals surface area contributed by atoms with Crippen LogP contribution in [-0.4, -0.2) is 0 Å². The fourth-order valence-electron chi connectivity index (χ4n) is 8.46. The zero-order valence-corrected chi connectivity index (χ0v) is 29.0. The Morgan fingerprint density at radius 1 is 0.346 bits per heavy atom. The van der Waals surface area contributed by atoms with E-state index in [-0.39, 0.29) is 0 Å². The van der Waals surface area contributed by atoms with E-state index in [0.717, 1.165) is 33.4 Å². The quantitative estimate of drug-likeness (QED) is 0.169. The normalized spacial score (nSPS) is 11.8. The first-order chi connectivity index (χ1) is 25.8. The van der Waals surface area contributed by atoms with Crippen LogP contribution in [0.5, 0.6) is 0 Å². The van der Waals surface area contributed by atoms with Gasteiger partial charge in [0.2, 0.25) is 0 Å². The molecule has 0 amide bonds. The van der Waals surface area contributed by atoms with Crippen molar-refractivity contribution in [3.05, 3.63) is 182 Å². The largest absolute Gasteiger partial charge is 0.455 e. The van der Waals surface area contributed by atoms with E-state index in [4.69, 9.17) is 4.42 Å². The summed E-state index contributed by atoms with van der Waals surface area (Å²) in [6, 6.07) is 66.0. The summed E-state index contributed by atoms with van der Waals surface area (Å²) in [4.78, 5) is 0. The molecule has 0 aliphatic carbocycles. The smallest absolute Gasteiger partial charge is 0.143 e. The third-order valence-corrected chi connectivity index (χ3v) is 11.8. The van der Waals surface area contributed by atoms with Crippen LogP contribution >= 0.6 is 11.3 Å². The van der Waals surface area contributed by atoms with Crippen molar-refractivity contribution in [1.82, 2.24) is 0 Å². The lowest BCUT2D eigenvalue weighted by Crippen LogP contribution is -1.92. The van der Waals surface area contributed by atoms with Gasteiger partial charge in [-0.15, -0.1) is 11.3 Å². The van der Waals surface area contributed by atoms with Gasteiger partial charge in [-0.25, -0.2) is 0 Å². The monoisotopic (exact) mass is 678 g/mol. The first kappa shape index (κ1) is 29.3. The number of fused-ring (bicyclic) bond motifs is 7. The van der Waals surface area contributed by atoms with Crippen LogP contribution < -0.4 is 0 Å². The molecule has 0 radical (unpaired) electrons. The predicted octanol–water partition coefficient (Wildman–Crippen LogP) is 14.9. The number of rotatable bonds is 4. The van der Waals surface area contributed by atoms with Crippen LogP contribution in [0.4, 0.5) is 0 Å². The highest BCUT2D eigenvalue weighted by Crippen LogP contribution is 2.50. The van der Waals surface area contributed by atoms with Crippen molar-refractivity contribution in [2.24, 2.45) is 0 Å². The van der Waals surface area contributed by atoms with Gasteiger partial charge in [-0.05, 0) is 78.3 Å². The maximum atomic E-state index is 6.86. The van der Waals surface area contributed by atoms with Crippen molar-refractivity contribution in [1.29, 1.82) is 0 Å². The average molecular weight is 679 g/mol. The van der Waals surface area contributed by atoms with E-state index in [2.05, 4.69) is 182 Å². The van der Waals surface area contributed by atoms with Gasteiger partial charge in [0, 0.05) is 36.7 Å². The third-order valence-electron chi connectivity index (χ3n) is 10.7. The minimum Gasteiger partial charge on any atom is -0.455 e. The molecule has 9 aromatic carbocycles. The first-order valence-electron chi connectivity index (χ1n) is 17.8. The summed E-state index contributed by atoms with van der Waals surface area (Å²) in [7, 11) is 0. The minimum absolute atomic E-state index is 0.903. The predicted molar refractivity (Wildman–Crippen MR) is 223 cm³/mol. The molecule has 2 aromatic heterocycles. The van der Waals surface area contributed by atoms with Crippen LogP contribution in [0, 0.1) is 0 Å². The molecule has 0 unspecified atom stereocenters. The molecule has 0 bridgehead atoms. The molecule has 0 saturated carbocycles. The molecule has 0 aliphatic heterocycles. The maximum absolute atomic E-state index is 6.86. The molecule has 0 atom stereocenters. The molecule has 2 heteroatoms. The lowest BCUT2D eigenvalue weighted by atomic mass is 9.84. The maximum Gasteiger partial charge on any atom is 0.143 e. The summed E-state index contributed by atoms with van der Waals surface area (Å²) >= 11 is 1.86. The Hall–Kier alpha value is -6.48. The van der Waals surface area contributed by atoms with Gasteiger partial charge in [-0.1, -0.05) is 164 Å². The molecule has 11 aromatic rings. The third kappa shape index (κ3) is 4.35. The van der Waals surface area contributed by atoms with E-state index in [1.54, 1.807) is 0 Å². The van der Waals surface area contributed by atoms with Gasteiger partial charge in [0.1, 0.15) is 11.3 Å². The van der Waals surface area contributed by atoms with Crippen LogP contribution in [0.2, 0.25) is 0 Å². The molecule has 0 saturated heterocycles. The van der Waals surface area contributed by atoms with Crippen molar-refractivity contribution in [2.45, 2.75) is 0 Å². The van der Waals surface area contributed by atoms with Gasteiger partial charge in [0.25, 0.3) is 0 Å². The number of thiophene rings is 1. The SMILES string of the molecule is c1ccc(-c2oc3cc4c(cc3c2-c2ccccc2)sc2cccc(-c3c5ccccc5c(-c5cccc6ccccc56)c5ccccc35)c24)cc1. The average Bonchev–Trinajstić information content (AvgIpc) is 3.77. The molecule has 1 nitrogen and oxygen atoms in total. The lowest BCUT2D eigenvalue weighted by molar-refractivity contribution is 0.633. The first-order valence-corrected chi connectivity index (χ1v) is 18.6. The van der Waals surface area contributed by atoms with Gasteiger partial charge in [0.15, 0.2) is 0 Å². The number of benzene rings is 9. The highest BCUT2D eigenvalue weighted by Gasteiger charge is 2.23. The highest BCUT2D eigenvalue weighted by molar-refractivity contribution is 7.26. The Labute approximate surface area is 304 Å². The fraction of sp³-hybridized carbons (Fsp3) is 0. The Morgan fingerprint density at radius 3 is 1.58 bits per heavy atom. The summed E-state index contributed by atoms with van der Waals surface area (Å²) in [6.45, 7) is 0. The summed E-state index contributed by atoms with van der Waals surface area (Å²) in [6.07, 6.45) is 0. The number of hydrogen-bond donors (Lipinski definition) is 0. The summed E-state index contributed by atoms with van der Waals surface area (Å²) in [5.74, 6) is 0.907. The van der Waals surface area contributed by atoms with E-state index in [0.29, 0.717) is 0 Å². The molecule has 242 valence electrons. The van der Waals surface area contributed by atoms with Crippen molar-refractivity contribution in [3.63, 3.8) is 0 Å². The van der Waals surface area contributed by atoms with Gasteiger partial charge in [0.05, 0.1) is 0 Å². The van der Waals surface area contributed by atoms with Crippen LogP contribution in [0.3, 0.4) is 0 Å². The van der Waals surface area contributed by atoms with Crippen LogP contribution in [0.25, 0.3) is 108 Å². The van der Waals surface area contributed by atoms with E-state index < -0.39 is 0 Å². The molecular formula is C50H30OS. The number of furan rings is 1. The molecule has 2 heterocycles. The zero-order chi connectivity index (χ0) is 34.2. The van der Waals surface area contributed by atoms with Crippen molar-refractivity contribution < 1.29 is 4.42 Å². The molecular weight excluding hydrogens is 649 g/mol. The Kier molecular flexibility index (Phi) is 6.49. The highest BCUT2D eigenvalue weighted by atomic mass is 32.1. The molecule has 11 rings (SSSR count). The van der Waals surface area contributed by atoms with Crippen molar-refractivity contribution in [3.8, 4) is 44.7 Å². The Balaban J connectivity index is 1.23. The fourth-order valence-corrected chi connectivity index (χ4v) is 9.61. The second kappa shape index (κ2) is 11.5. The molecule has 52 heavy (non-hydrogen) atoms. The summed E-state index contributed by atoms with van der Waals surface area (Å²) in [5.41, 5.74) is 9.35. The molecule has 0 fully saturated rings. The zero-order valence-electron chi connectivity index (χ0n) is 28.1. The van der Waals surface area contributed by atoms with Gasteiger partial charge in [-0.3, -0.25) is 0 Å². The summed E-state index contributed by atoms with van der Waals surface area (Å²) in [5, 5.41) is 11.2. The van der Waals surface area contributed by atoms with E-state index in [1.165, 1.54) is 74.7 Å². The second-order valence-corrected chi connectivity index (χ2v) is 14.6.